The van der Waals surface area contributed by atoms with Gasteiger partial charge in [-0.05, 0) is 37.8 Å². The van der Waals surface area contributed by atoms with Crippen LogP contribution in [0.2, 0.25) is 0 Å². The summed E-state index contributed by atoms with van der Waals surface area (Å²) in [5, 5.41) is 9.50. The zero-order chi connectivity index (χ0) is 17.8. The van der Waals surface area contributed by atoms with Gasteiger partial charge in [-0.3, -0.25) is 4.90 Å². The first kappa shape index (κ1) is 20.0. The van der Waals surface area contributed by atoms with Gasteiger partial charge in [-0.15, -0.1) is 0 Å². The number of unbranched alkanes of at least 4 members (excludes halogenated alkanes) is 2. The van der Waals surface area contributed by atoms with E-state index < -0.39 is 18.1 Å². The lowest BCUT2D eigenvalue weighted by Crippen LogP contribution is -2.45. The Balaban J connectivity index is 2.72. The van der Waals surface area contributed by atoms with Crippen molar-refractivity contribution in [2.75, 3.05) is 13.1 Å². The number of nitrogens with zero attached hydrogens (tertiary/aromatic N) is 1. The molecule has 24 heavy (non-hydrogen) atoms. The molecule has 0 fully saturated rings. The van der Waals surface area contributed by atoms with Crippen LogP contribution in [0.5, 0.6) is 0 Å². The number of nitrogens with two attached hydrogens (primary N) is 1. The molecule has 134 valence electrons. The Kier molecular flexibility index (Phi) is 9.53. The molecule has 0 aliphatic rings. The lowest BCUT2D eigenvalue weighted by Gasteiger charge is -2.28. The number of rotatable bonds is 11. The van der Waals surface area contributed by atoms with Crippen LogP contribution in [0.15, 0.2) is 30.3 Å². The number of ether oxygens (including phenoxy) is 1. The molecule has 0 saturated carbocycles. The van der Waals surface area contributed by atoms with Gasteiger partial charge < -0.3 is 15.6 Å². The predicted molar refractivity (Wildman–Crippen MR) is 92.6 cm³/mol. The Morgan fingerprint density at radius 3 is 2.50 bits per heavy atom. The molecule has 0 radical (unpaired) electrons. The second-order valence-electron chi connectivity index (χ2n) is 5.73. The van der Waals surface area contributed by atoms with E-state index in [0.29, 0.717) is 25.9 Å². The van der Waals surface area contributed by atoms with Gasteiger partial charge in [0.05, 0.1) is 0 Å². The summed E-state index contributed by atoms with van der Waals surface area (Å²) in [5.41, 5.74) is 6.34. The number of carbonyl (C=O) groups is 2. The van der Waals surface area contributed by atoms with Gasteiger partial charge in [-0.25, -0.2) is 9.59 Å². The van der Waals surface area contributed by atoms with Gasteiger partial charge in [0, 0.05) is 6.54 Å². The molecule has 1 aromatic rings. The summed E-state index contributed by atoms with van der Waals surface area (Å²) < 4.78 is 5.32. The largest absolute Gasteiger partial charge is 0.480 e. The summed E-state index contributed by atoms with van der Waals surface area (Å²) in [7, 11) is 0. The van der Waals surface area contributed by atoms with Gasteiger partial charge in [0.15, 0.2) is 0 Å². The van der Waals surface area contributed by atoms with Crippen molar-refractivity contribution in [2.45, 2.75) is 51.7 Å². The van der Waals surface area contributed by atoms with Crippen LogP contribution in [0.3, 0.4) is 0 Å². The number of aliphatic carboxylic acids is 1. The maximum absolute atomic E-state index is 12.4. The predicted octanol–water partition coefficient (Wildman–Crippen LogP) is 3.01. The van der Waals surface area contributed by atoms with Gasteiger partial charge >= 0.3 is 12.1 Å². The molecule has 6 nitrogen and oxygen atoms in total. The molecule has 0 aromatic heterocycles. The SMILES string of the molecule is CCCCN(C(=O)OCc1ccccc1)C(CCCCN)C(=O)O. The molecule has 1 rings (SSSR count). The van der Waals surface area contributed by atoms with Crippen LogP contribution in [-0.4, -0.2) is 41.2 Å². The molecule has 1 amide bonds. The Morgan fingerprint density at radius 2 is 1.92 bits per heavy atom. The summed E-state index contributed by atoms with van der Waals surface area (Å²) in [4.78, 5) is 25.4. The zero-order valence-electron chi connectivity index (χ0n) is 14.3. The lowest BCUT2D eigenvalue weighted by molar-refractivity contribution is -0.143. The first-order valence-corrected chi connectivity index (χ1v) is 8.50. The van der Waals surface area contributed by atoms with Crippen LogP contribution >= 0.6 is 0 Å². The average molecular weight is 336 g/mol. The standard InChI is InChI=1S/C18H28N2O4/c1-2-3-13-20(16(17(21)22)11-7-8-12-19)18(23)24-14-15-9-5-4-6-10-15/h4-6,9-10,16H,2-3,7-8,11-14,19H2,1H3,(H,21,22). The van der Waals surface area contributed by atoms with Crippen molar-refractivity contribution in [3.05, 3.63) is 35.9 Å². The van der Waals surface area contributed by atoms with Crippen LogP contribution < -0.4 is 5.73 Å². The lowest BCUT2D eigenvalue weighted by atomic mass is 10.1. The number of carboxylic acid groups (broad SMARTS) is 1. The smallest absolute Gasteiger partial charge is 0.410 e. The first-order valence-electron chi connectivity index (χ1n) is 8.50. The molecular formula is C18H28N2O4. The van der Waals surface area contributed by atoms with E-state index in [1.807, 2.05) is 37.3 Å². The van der Waals surface area contributed by atoms with Crippen molar-refractivity contribution in [3.8, 4) is 0 Å². The number of carbonyl (C=O) groups excluding carboxylic acids is 1. The summed E-state index contributed by atoms with van der Waals surface area (Å²) >= 11 is 0. The van der Waals surface area contributed by atoms with Crippen LogP contribution in [0, 0.1) is 0 Å². The molecule has 1 aromatic carbocycles. The average Bonchev–Trinajstić information content (AvgIpc) is 2.59. The van der Waals surface area contributed by atoms with Crippen LogP contribution in [0.4, 0.5) is 4.79 Å². The van der Waals surface area contributed by atoms with Gasteiger partial charge in [0.25, 0.3) is 0 Å². The highest BCUT2D eigenvalue weighted by Crippen LogP contribution is 2.14. The van der Waals surface area contributed by atoms with Crippen molar-refractivity contribution in [1.29, 1.82) is 0 Å². The summed E-state index contributed by atoms with van der Waals surface area (Å²) in [6, 6.07) is 8.47. The Morgan fingerprint density at radius 1 is 1.21 bits per heavy atom. The molecule has 1 atom stereocenters. The molecule has 0 aliphatic heterocycles. The van der Waals surface area contributed by atoms with Crippen molar-refractivity contribution < 1.29 is 19.4 Å². The highest BCUT2D eigenvalue weighted by molar-refractivity contribution is 5.80. The molecule has 0 bridgehead atoms. The maximum atomic E-state index is 12.4. The third-order valence-corrected chi connectivity index (χ3v) is 3.79. The van der Waals surface area contributed by atoms with E-state index in [0.717, 1.165) is 24.8 Å². The van der Waals surface area contributed by atoms with Gasteiger partial charge in [-0.2, -0.15) is 0 Å². The molecule has 0 heterocycles. The number of amides is 1. The van der Waals surface area contributed by atoms with Crippen molar-refractivity contribution in [1.82, 2.24) is 4.90 Å². The van der Waals surface area contributed by atoms with E-state index >= 15 is 0 Å². The first-order chi connectivity index (χ1) is 11.6. The quantitative estimate of drug-likeness (QED) is 0.606. The number of hydrogen-bond acceptors (Lipinski definition) is 4. The zero-order valence-corrected chi connectivity index (χ0v) is 14.3. The highest BCUT2D eigenvalue weighted by atomic mass is 16.6. The summed E-state index contributed by atoms with van der Waals surface area (Å²) in [5.74, 6) is -1.00. The second kappa shape index (κ2) is 11.5. The Bertz CT molecular complexity index is 493. The van der Waals surface area contributed by atoms with Crippen LogP contribution in [0.25, 0.3) is 0 Å². The molecule has 0 spiro atoms. The minimum absolute atomic E-state index is 0.136. The Hall–Kier alpha value is -2.08. The van der Waals surface area contributed by atoms with Gasteiger partial charge in [-0.1, -0.05) is 43.7 Å². The van der Waals surface area contributed by atoms with E-state index in [2.05, 4.69) is 0 Å². The van der Waals surface area contributed by atoms with Crippen molar-refractivity contribution in [2.24, 2.45) is 5.73 Å². The summed E-state index contributed by atoms with van der Waals surface area (Å²) in [6.07, 6.45) is 2.83. The van der Waals surface area contributed by atoms with Crippen LogP contribution in [0.1, 0.15) is 44.6 Å². The highest BCUT2D eigenvalue weighted by Gasteiger charge is 2.29. The molecule has 3 N–H and O–H groups in total. The minimum Gasteiger partial charge on any atom is -0.480 e. The monoisotopic (exact) mass is 336 g/mol. The summed E-state index contributed by atoms with van der Waals surface area (Å²) in [6.45, 7) is 3.03. The van der Waals surface area contributed by atoms with Crippen molar-refractivity contribution >= 4 is 12.1 Å². The van der Waals surface area contributed by atoms with E-state index in [-0.39, 0.29) is 6.61 Å². The van der Waals surface area contributed by atoms with E-state index in [1.54, 1.807) is 0 Å². The second-order valence-corrected chi connectivity index (χ2v) is 5.73. The maximum Gasteiger partial charge on any atom is 0.410 e. The van der Waals surface area contributed by atoms with E-state index in [9.17, 15) is 14.7 Å². The fraction of sp³-hybridized carbons (Fsp3) is 0.556. The molecule has 0 aliphatic carbocycles. The number of hydrogen-bond donors (Lipinski definition) is 2. The third kappa shape index (κ3) is 7.00. The molecular weight excluding hydrogens is 308 g/mol. The van der Waals surface area contributed by atoms with E-state index in [1.165, 1.54) is 4.90 Å². The number of benzene rings is 1. The Labute approximate surface area is 143 Å². The number of carboxylic acids is 1. The van der Waals surface area contributed by atoms with E-state index in [4.69, 9.17) is 10.5 Å². The molecule has 6 heteroatoms. The van der Waals surface area contributed by atoms with Gasteiger partial charge in [0.1, 0.15) is 12.6 Å². The fourth-order valence-electron chi connectivity index (χ4n) is 2.40. The molecule has 0 saturated heterocycles. The molecule has 1 unspecified atom stereocenters. The topological polar surface area (TPSA) is 92.9 Å². The third-order valence-electron chi connectivity index (χ3n) is 3.79. The normalized spacial score (nSPS) is 11.8. The van der Waals surface area contributed by atoms with Gasteiger partial charge in [0.2, 0.25) is 0 Å². The fourth-order valence-corrected chi connectivity index (χ4v) is 2.40. The van der Waals surface area contributed by atoms with Crippen LogP contribution in [-0.2, 0) is 16.1 Å². The minimum atomic E-state index is -1.00. The van der Waals surface area contributed by atoms with Crippen molar-refractivity contribution in [3.63, 3.8) is 0 Å².